The largest absolute Gasteiger partial charge is 0.492 e. The number of imidazole rings is 2. The summed E-state index contributed by atoms with van der Waals surface area (Å²) in [6.07, 6.45) is 0.458. The van der Waals surface area contributed by atoms with Crippen molar-refractivity contribution >= 4 is 45.6 Å². The van der Waals surface area contributed by atoms with E-state index in [1.807, 2.05) is 29.8 Å². The molecule has 0 saturated carbocycles. The average Bonchev–Trinajstić information content (AvgIpc) is 3.45. The number of hydrogen-bond donors (Lipinski definition) is 5. The van der Waals surface area contributed by atoms with Gasteiger partial charge in [-0.05, 0) is 54.6 Å². The average molecular weight is 527 g/mol. The first-order valence-corrected chi connectivity index (χ1v) is 12.0. The Bertz CT molecular complexity index is 1730. The lowest BCUT2D eigenvalue weighted by molar-refractivity contribution is 0.0696. The fraction of sp³-hybridized carbons (Fsp3) is 0.148. The summed E-state index contributed by atoms with van der Waals surface area (Å²) in [7, 11) is 1.89. The Labute approximate surface area is 222 Å². The number of rotatable bonds is 9. The molecule has 0 bridgehead atoms. The summed E-state index contributed by atoms with van der Waals surface area (Å²) in [6, 6.07) is 17.0. The Morgan fingerprint density at radius 2 is 1.87 bits per heavy atom. The van der Waals surface area contributed by atoms with Crippen molar-refractivity contribution < 1.29 is 19.4 Å². The van der Waals surface area contributed by atoms with Gasteiger partial charge in [-0.25, -0.2) is 19.8 Å². The van der Waals surface area contributed by atoms with E-state index in [-0.39, 0.29) is 30.6 Å². The molecule has 12 heteroatoms. The Morgan fingerprint density at radius 1 is 1.05 bits per heavy atom. The van der Waals surface area contributed by atoms with Gasteiger partial charge in [0.2, 0.25) is 0 Å². The summed E-state index contributed by atoms with van der Waals surface area (Å²) in [6.45, 7) is 0.444. The molecule has 3 aromatic carbocycles. The normalized spacial score (nSPS) is 11.0. The predicted octanol–water partition coefficient (Wildman–Crippen LogP) is 2.45. The molecule has 0 fully saturated rings. The SMILES string of the molecule is Cn1c(Cc2nc3ccc(N=C(N)N)cc3[nH]2)nc2ccc(C(=O)NCCOc3cccc(C(=O)O)c3)cc21. The molecule has 0 saturated heterocycles. The van der Waals surface area contributed by atoms with Gasteiger partial charge in [-0.1, -0.05) is 6.07 Å². The van der Waals surface area contributed by atoms with Crippen molar-refractivity contribution in [1.29, 1.82) is 0 Å². The lowest BCUT2D eigenvalue weighted by Crippen LogP contribution is -2.28. The maximum Gasteiger partial charge on any atom is 0.335 e. The quantitative estimate of drug-likeness (QED) is 0.110. The van der Waals surface area contributed by atoms with Crippen molar-refractivity contribution in [2.75, 3.05) is 13.2 Å². The number of aromatic nitrogens is 4. The highest BCUT2D eigenvalue weighted by atomic mass is 16.5. The third-order valence-electron chi connectivity index (χ3n) is 6.07. The monoisotopic (exact) mass is 526 g/mol. The third-order valence-corrected chi connectivity index (χ3v) is 6.07. The van der Waals surface area contributed by atoms with Crippen LogP contribution in [-0.4, -0.2) is 55.6 Å². The highest BCUT2D eigenvalue weighted by Crippen LogP contribution is 2.22. The number of nitrogens with one attached hydrogen (secondary N) is 2. The van der Waals surface area contributed by atoms with Crippen LogP contribution in [0.3, 0.4) is 0 Å². The number of H-pyrrole nitrogens is 1. The lowest BCUT2D eigenvalue weighted by atomic mass is 10.2. The van der Waals surface area contributed by atoms with E-state index in [2.05, 4.69) is 20.3 Å². The highest BCUT2D eigenvalue weighted by Gasteiger charge is 2.14. The minimum atomic E-state index is -1.03. The van der Waals surface area contributed by atoms with Gasteiger partial charge >= 0.3 is 5.97 Å². The number of fused-ring (bicyclic) bond motifs is 2. The van der Waals surface area contributed by atoms with E-state index in [4.69, 9.17) is 26.3 Å². The van der Waals surface area contributed by atoms with Crippen molar-refractivity contribution in [3.63, 3.8) is 0 Å². The maximum atomic E-state index is 12.7. The van der Waals surface area contributed by atoms with Crippen LogP contribution >= 0.6 is 0 Å². The number of carbonyl (C=O) groups excluding carboxylic acids is 1. The fourth-order valence-corrected chi connectivity index (χ4v) is 4.20. The van der Waals surface area contributed by atoms with E-state index in [0.717, 1.165) is 33.7 Å². The Hall–Kier alpha value is -5.39. The third kappa shape index (κ3) is 5.64. The van der Waals surface area contributed by atoms with E-state index < -0.39 is 5.97 Å². The topological polar surface area (TPSA) is 187 Å². The summed E-state index contributed by atoms with van der Waals surface area (Å²) < 4.78 is 7.49. The number of nitrogens with zero attached hydrogens (tertiary/aromatic N) is 4. The van der Waals surface area contributed by atoms with Gasteiger partial charge in [-0.15, -0.1) is 0 Å². The lowest BCUT2D eigenvalue weighted by Gasteiger charge is -2.09. The Morgan fingerprint density at radius 3 is 2.67 bits per heavy atom. The van der Waals surface area contributed by atoms with Crippen molar-refractivity contribution in [1.82, 2.24) is 24.8 Å². The molecule has 5 aromatic rings. The second kappa shape index (κ2) is 10.5. The summed E-state index contributed by atoms with van der Waals surface area (Å²) in [5, 5.41) is 11.9. The van der Waals surface area contributed by atoms with Crippen LogP contribution in [0.1, 0.15) is 32.4 Å². The van der Waals surface area contributed by atoms with E-state index in [1.54, 1.807) is 30.3 Å². The van der Waals surface area contributed by atoms with Gasteiger partial charge in [0, 0.05) is 12.6 Å². The number of carbonyl (C=O) groups is 2. The van der Waals surface area contributed by atoms with Gasteiger partial charge in [-0.3, -0.25) is 4.79 Å². The van der Waals surface area contributed by atoms with Gasteiger partial charge in [-0.2, -0.15) is 0 Å². The minimum Gasteiger partial charge on any atom is -0.492 e. The number of hydrogen-bond acceptors (Lipinski definition) is 6. The van der Waals surface area contributed by atoms with Crippen LogP contribution in [0.4, 0.5) is 5.69 Å². The molecular weight excluding hydrogens is 500 g/mol. The van der Waals surface area contributed by atoms with E-state index in [0.29, 0.717) is 23.4 Å². The van der Waals surface area contributed by atoms with Crippen LogP contribution < -0.4 is 21.5 Å². The van der Waals surface area contributed by atoms with Crippen molar-refractivity contribution in [3.8, 4) is 5.75 Å². The molecule has 2 aromatic heterocycles. The number of aromatic carboxylic acids is 1. The number of aliphatic imine (C=N–C) groups is 1. The molecule has 7 N–H and O–H groups in total. The number of carboxylic acids is 1. The number of nitrogens with two attached hydrogens (primary N) is 2. The number of benzene rings is 3. The fourth-order valence-electron chi connectivity index (χ4n) is 4.20. The van der Waals surface area contributed by atoms with E-state index in [9.17, 15) is 9.59 Å². The summed E-state index contributed by atoms with van der Waals surface area (Å²) in [4.78, 5) is 40.5. The Balaban J connectivity index is 1.24. The smallest absolute Gasteiger partial charge is 0.335 e. The second-order valence-corrected chi connectivity index (χ2v) is 8.83. The number of carboxylic acid groups (broad SMARTS) is 1. The first-order chi connectivity index (χ1) is 18.8. The molecule has 12 nitrogen and oxygen atoms in total. The summed E-state index contributed by atoms with van der Waals surface area (Å²) in [5.74, 6) is 0.639. The molecular formula is C27H26N8O4. The van der Waals surface area contributed by atoms with Crippen LogP contribution in [0.2, 0.25) is 0 Å². The molecule has 0 aliphatic carbocycles. The predicted molar refractivity (Wildman–Crippen MR) is 146 cm³/mol. The number of aromatic amines is 1. The molecule has 0 atom stereocenters. The number of guanidine groups is 1. The molecule has 1 amide bonds. The molecule has 0 unspecified atom stereocenters. The first kappa shape index (κ1) is 25.3. The van der Waals surface area contributed by atoms with Crippen LogP contribution in [-0.2, 0) is 13.5 Å². The first-order valence-electron chi connectivity index (χ1n) is 12.0. The van der Waals surface area contributed by atoms with Crippen LogP contribution in [0.15, 0.2) is 65.7 Å². The molecule has 0 radical (unpaired) electrons. The molecule has 198 valence electrons. The standard InChI is InChI=1S/C27H26N8O4/c1-35-22-12-15(25(36)30-9-10-39-18-4-2-3-16(11-18)26(37)38)5-7-20(22)34-24(35)14-23-32-19-8-6-17(31-27(28)29)13-21(19)33-23/h2-8,11-13H,9-10,14H2,1H3,(H,30,36)(H,32,33)(H,37,38)(H4,28,29,31). The van der Waals surface area contributed by atoms with E-state index >= 15 is 0 Å². The zero-order valence-electron chi connectivity index (χ0n) is 21.0. The van der Waals surface area contributed by atoms with Crippen LogP contribution in [0.5, 0.6) is 5.75 Å². The summed E-state index contributed by atoms with van der Waals surface area (Å²) >= 11 is 0. The van der Waals surface area contributed by atoms with Crippen molar-refractivity contribution in [2.24, 2.45) is 23.5 Å². The van der Waals surface area contributed by atoms with Gasteiger partial charge < -0.3 is 36.2 Å². The van der Waals surface area contributed by atoms with Gasteiger partial charge in [0.1, 0.15) is 24.0 Å². The molecule has 39 heavy (non-hydrogen) atoms. The zero-order valence-corrected chi connectivity index (χ0v) is 21.0. The van der Waals surface area contributed by atoms with E-state index in [1.165, 1.54) is 12.1 Å². The highest BCUT2D eigenvalue weighted by molar-refractivity contribution is 5.97. The zero-order chi connectivity index (χ0) is 27.5. The summed E-state index contributed by atoms with van der Waals surface area (Å²) in [5.41, 5.74) is 15.4. The van der Waals surface area contributed by atoms with Crippen LogP contribution in [0.25, 0.3) is 22.1 Å². The number of aryl methyl sites for hydroxylation is 1. The van der Waals surface area contributed by atoms with Crippen molar-refractivity contribution in [3.05, 3.63) is 83.4 Å². The Kier molecular flexibility index (Phi) is 6.83. The maximum absolute atomic E-state index is 12.7. The molecule has 0 aliphatic heterocycles. The number of ether oxygens (including phenoxy) is 1. The van der Waals surface area contributed by atoms with Gasteiger partial charge in [0.25, 0.3) is 5.91 Å². The molecule has 0 spiro atoms. The molecule has 0 aliphatic rings. The minimum absolute atomic E-state index is 0.0153. The molecule has 5 rings (SSSR count). The molecule has 2 heterocycles. The van der Waals surface area contributed by atoms with Crippen molar-refractivity contribution in [2.45, 2.75) is 6.42 Å². The van der Waals surface area contributed by atoms with Crippen LogP contribution in [0, 0.1) is 0 Å². The number of amides is 1. The van der Waals surface area contributed by atoms with Gasteiger partial charge in [0.05, 0.1) is 46.3 Å². The second-order valence-electron chi connectivity index (χ2n) is 8.83. The van der Waals surface area contributed by atoms with Gasteiger partial charge in [0.15, 0.2) is 5.96 Å².